The summed E-state index contributed by atoms with van der Waals surface area (Å²) < 4.78 is 9.62. The van der Waals surface area contributed by atoms with Crippen LogP contribution in [0.15, 0.2) is 12.7 Å². The highest BCUT2D eigenvalue weighted by molar-refractivity contribution is 5.80. The Morgan fingerprint density at radius 2 is 1.90 bits per heavy atom. The number of rotatable bonds is 7. The minimum atomic E-state index is -1.23. The second-order valence-electron chi connectivity index (χ2n) is 5.14. The Labute approximate surface area is 123 Å². The van der Waals surface area contributed by atoms with E-state index in [2.05, 4.69) is 21.9 Å². The number of hydrogen-bond acceptors (Lipinski definition) is 5. The highest BCUT2D eigenvalue weighted by atomic mass is 16.6. The third-order valence-electron chi connectivity index (χ3n) is 2.02. The third kappa shape index (κ3) is 10.2. The first-order chi connectivity index (χ1) is 9.65. The van der Waals surface area contributed by atoms with Crippen LogP contribution in [0.4, 0.5) is 9.59 Å². The van der Waals surface area contributed by atoms with Crippen molar-refractivity contribution in [1.82, 2.24) is 10.6 Å². The lowest BCUT2D eigenvalue weighted by Crippen LogP contribution is -2.43. The van der Waals surface area contributed by atoms with E-state index in [1.165, 1.54) is 6.08 Å². The Kier molecular flexibility index (Phi) is 7.88. The first-order valence-electron chi connectivity index (χ1n) is 6.39. The summed E-state index contributed by atoms with van der Waals surface area (Å²) in [5.74, 6) is -1.23. The fraction of sp³-hybridized carbons (Fsp3) is 0.615. The zero-order chi connectivity index (χ0) is 16.5. The minimum absolute atomic E-state index is 0.00222. The van der Waals surface area contributed by atoms with Gasteiger partial charge in [0, 0.05) is 6.54 Å². The Hall–Kier alpha value is -2.25. The zero-order valence-electron chi connectivity index (χ0n) is 12.5. The van der Waals surface area contributed by atoms with Gasteiger partial charge in [0.15, 0.2) is 0 Å². The summed E-state index contributed by atoms with van der Waals surface area (Å²) in [5.41, 5.74) is -0.636. The summed E-state index contributed by atoms with van der Waals surface area (Å²) in [6.45, 7) is 8.51. The molecule has 2 amide bonds. The number of hydrogen-bond donors (Lipinski definition) is 3. The number of nitrogens with one attached hydrogen (secondary N) is 2. The highest BCUT2D eigenvalue weighted by Gasteiger charge is 2.21. The molecule has 0 aromatic rings. The van der Waals surface area contributed by atoms with Crippen molar-refractivity contribution in [2.45, 2.75) is 38.8 Å². The largest absolute Gasteiger partial charge is 0.480 e. The molecule has 0 rings (SSSR count). The number of carboxylic acids is 1. The van der Waals surface area contributed by atoms with Crippen LogP contribution in [0.25, 0.3) is 0 Å². The fourth-order valence-electron chi connectivity index (χ4n) is 1.21. The summed E-state index contributed by atoms with van der Waals surface area (Å²) in [7, 11) is 0. The first-order valence-corrected chi connectivity index (χ1v) is 6.39. The van der Waals surface area contributed by atoms with Crippen LogP contribution in [0, 0.1) is 0 Å². The number of ether oxygens (including phenoxy) is 2. The van der Waals surface area contributed by atoms with Gasteiger partial charge < -0.3 is 25.2 Å². The maximum Gasteiger partial charge on any atom is 0.408 e. The SMILES string of the molecule is C=CCOC(=O)NC(CCNC(=O)OC(C)(C)C)C(=O)O. The molecule has 8 nitrogen and oxygen atoms in total. The average molecular weight is 302 g/mol. The quantitative estimate of drug-likeness (QED) is 0.610. The molecule has 0 radical (unpaired) electrons. The van der Waals surface area contributed by atoms with Crippen molar-refractivity contribution in [2.24, 2.45) is 0 Å². The van der Waals surface area contributed by atoms with Gasteiger partial charge in [0.2, 0.25) is 0 Å². The molecule has 1 unspecified atom stereocenters. The van der Waals surface area contributed by atoms with E-state index >= 15 is 0 Å². The molecule has 0 aliphatic carbocycles. The fourth-order valence-corrected chi connectivity index (χ4v) is 1.21. The smallest absolute Gasteiger partial charge is 0.408 e. The number of alkyl carbamates (subject to hydrolysis) is 2. The molecule has 0 bridgehead atoms. The van der Waals surface area contributed by atoms with Gasteiger partial charge in [-0.1, -0.05) is 12.7 Å². The van der Waals surface area contributed by atoms with Crippen molar-refractivity contribution in [3.63, 3.8) is 0 Å². The van der Waals surface area contributed by atoms with Crippen LogP contribution in [0.1, 0.15) is 27.2 Å². The van der Waals surface area contributed by atoms with Gasteiger partial charge in [-0.25, -0.2) is 14.4 Å². The van der Waals surface area contributed by atoms with E-state index in [0.717, 1.165) is 0 Å². The van der Waals surface area contributed by atoms with Crippen molar-refractivity contribution < 1.29 is 29.0 Å². The number of carbonyl (C=O) groups is 3. The van der Waals surface area contributed by atoms with Gasteiger partial charge >= 0.3 is 18.2 Å². The molecule has 1 atom stereocenters. The Morgan fingerprint density at radius 3 is 2.38 bits per heavy atom. The Balaban J connectivity index is 4.16. The number of carboxylic acid groups (broad SMARTS) is 1. The Bertz CT molecular complexity index is 389. The second kappa shape index (κ2) is 8.83. The number of amides is 2. The standard InChI is InChI=1S/C13H22N2O6/c1-5-8-20-12(19)15-9(10(16)17)6-7-14-11(18)21-13(2,3)4/h5,9H,1,6-8H2,2-4H3,(H,14,18)(H,15,19)(H,16,17). The molecule has 21 heavy (non-hydrogen) atoms. The van der Waals surface area contributed by atoms with Gasteiger partial charge in [0.1, 0.15) is 18.2 Å². The summed E-state index contributed by atoms with van der Waals surface area (Å²) in [6.07, 6.45) is -0.155. The van der Waals surface area contributed by atoms with Gasteiger partial charge in [-0.3, -0.25) is 0 Å². The van der Waals surface area contributed by atoms with Gasteiger partial charge in [0.05, 0.1) is 0 Å². The molecular formula is C13H22N2O6. The number of carbonyl (C=O) groups excluding carboxylic acids is 2. The van der Waals surface area contributed by atoms with Crippen molar-refractivity contribution in [1.29, 1.82) is 0 Å². The molecule has 0 aliphatic heterocycles. The van der Waals surface area contributed by atoms with Gasteiger partial charge in [0.25, 0.3) is 0 Å². The molecule has 0 saturated carbocycles. The zero-order valence-corrected chi connectivity index (χ0v) is 12.5. The maximum absolute atomic E-state index is 11.4. The number of aliphatic carboxylic acids is 1. The van der Waals surface area contributed by atoms with Crippen LogP contribution in [0.2, 0.25) is 0 Å². The van der Waals surface area contributed by atoms with Crippen LogP contribution < -0.4 is 10.6 Å². The molecule has 0 aromatic heterocycles. The van der Waals surface area contributed by atoms with E-state index in [9.17, 15) is 14.4 Å². The minimum Gasteiger partial charge on any atom is -0.480 e. The predicted octanol–water partition coefficient (Wildman–Crippen LogP) is 1.27. The average Bonchev–Trinajstić information content (AvgIpc) is 2.32. The molecule has 0 spiro atoms. The maximum atomic E-state index is 11.4. The molecule has 0 fully saturated rings. The molecule has 0 aliphatic rings. The lowest BCUT2D eigenvalue weighted by molar-refractivity contribution is -0.139. The van der Waals surface area contributed by atoms with Gasteiger partial charge in [-0.05, 0) is 27.2 Å². The highest BCUT2D eigenvalue weighted by Crippen LogP contribution is 2.06. The van der Waals surface area contributed by atoms with Gasteiger partial charge in [-0.15, -0.1) is 0 Å². The third-order valence-corrected chi connectivity index (χ3v) is 2.02. The summed E-state index contributed by atoms with van der Waals surface area (Å²) >= 11 is 0. The normalized spacial score (nSPS) is 12.0. The van der Waals surface area contributed by atoms with Crippen LogP contribution in [0.3, 0.4) is 0 Å². The molecule has 8 heteroatoms. The molecule has 3 N–H and O–H groups in total. The van der Waals surface area contributed by atoms with Crippen LogP contribution in [-0.4, -0.2) is 48.1 Å². The second-order valence-corrected chi connectivity index (χ2v) is 5.14. The van der Waals surface area contributed by atoms with Crippen LogP contribution >= 0.6 is 0 Å². The van der Waals surface area contributed by atoms with E-state index in [4.69, 9.17) is 9.84 Å². The van der Waals surface area contributed by atoms with E-state index < -0.39 is 29.8 Å². The summed E-state index contributed by atoms with van der Waals surface area (Å²) in [6, 6.07) is -1.17. The lowest BCUT2D eigenvalue weighted by atomic mass is 10.2. The monoisotopic (exact) mass is 302 g/mol. The van der Waals surface area contributed by atoms with Crippen molar-refractivity contribution >= 4 is 18.2 Å². The van der Waals surface area contributed by atoms with E-state index in [-0.39, 0.29) is 19.6 Å². The summed E-state index contributed by atoms with van der Waals surface area (Å²) in [5, 5.41) is 13.5. The van der Waals surface area contributed by atoms with Crippen LogP contribution in [-0.2, 0) is 14.3 Å². The molecule has 120 valence electrons. The first kappa shape index (κ1) is 18.8. The molecule has 0 aromatic carbocycles. The van der Waals surface area contributed by atoms with Crippen molar-refractivity contribution in [3.8, 4) is 0 Å². The van der Waals surface area contributed by atoms with Crippen molar-refractivity contribution in [3.05, 3.63) is 12.7 Å². The summed E-state index contributed by atoms with van der Waals surface area (Å²) in [4.78, 5) is 33.6. The lowest BCUT2D eigenvalue weighted by Gasteiger charge is -2.20. The topological polar surface area (TPSA) is 114 Å². The van der Waals surface area contributed by atoms with E-state index in [1.54, 1.807) is 20.8 Å². The molecule has 0 saturated heterocycles. The predicted molar refractivity (Wildman–Crippen MR) is 75.0 cm³/mol. The van der Waals surface area contributed by atoms with Gasteiger partial charge in [-0.2, -0.15) is 0 Å². The van der Waals surface area contributed by atoms with E-state index in [1.807, 2.05) is 0 Å². The molecular weight excluding hydrogens is 280 g/mol. The van der Waals surface area contributed by atoms with E-state index in [0.29, 0.717) is 0 Å². The van der Waals surface area contributed by atoms with Crippen molar-refractivity contribution in [2.75, 3.05) is 13.2 Å². The van der Waals surface area contributed by atoms with Crippen LogP contribution in [0.5, 0.6) is 0 Å². The molecule has 0 heterocycles. The Morgan fingerprint density at radius 1 is 1.29 bits per heavy atom.